The molecule has 0 aliphatic heterocycles. The quantitative estimate of drug-likeness (QED) is 0.737. The SMILES string of the molecule is CCC1CCC(CNC2CCCCC2C(C)C)CC1. The van der Waals surface area contributed by atoms with E-state index in [1.807, 2.05) is 0 Å². The molecule has 2 aliphatic rings. The summed E-state index contributed by atoms with van der Waals surface area (Å²) >= 11 is 0. The van der Waals surface area contributed by atoms with Crippen LogP contribution in [0.25, 0.3) is 0 Å². The van der Waals surface area contributed by atoms with Crippen LogP contribution in [0.4, 0.5) is 0 Å². The zero-order chi connectivity index (χ0) is 13.7. The molecule has 0 radical (unpaired) electrons. The maximum atomic E-state index is 3.96. The Hall–Kier alpha value is -0.0400. The van der Waals surface area contributed by atoms with Crippen molar-refractivity contribution in [2.75, 3.05) is 6.54 Å². The first-order chi connectivity index (χ1) is 9.20. The van der Waals surface area contributed by atoms with E-state index in [1.165, 1.54) is 64.3 Å². The highest BCUT2D eigenvalue weighted by Gasteiger charge is 2.28. The Morgan fingerprint density at radius 2 is 1.53 bits per heavy atom. The predicted molar refractivity (Wildman–Crippen MR) is 84.3 cm³/mol. The van der Waals surface area contributed by atoms with Gasteiger partial charge < -0.3 is 5.32 Å². The molecule has 0 aromatic rings. The fraction of sp³-hybridized carbons (Fsp3) is 1.00. The molecule has 2 rings (SSSR count). The molecule has 0 bridgehead atoms. The first kappa shape index (κ1) is 15.4. The first-order valence-corrected chi connectivity index (χ1v) is 8.94. The topological polar surface area (TPSA) is 12.0 Å². The Kier molecular flexibility index (Phi) is 6.19. The van der Waals surface area contributed by atoms with Gasteiger partial charge in [-0.15, -0.1) is 0 Å². The van der Waals surface area contributed by atoms with Crippen molar-refractivity contribution in [2.24, 2.45) is 23.7 Å². The van der Waals surface area contributed by atoms with E-state index in [-0.39, 0.29) is 0 Å². The van der Waals surface area contributed by atoms with Gasteiger partial charge in [0.1, 0.15) is 0 Å². The zero-order valence-corrected chi connectivity index (χ0v) is 13.5. The molecule has 2 aliphatic carbocycles. The number of rotatable bonds is 5. The van der Waals surface area contributed by atoms with Crippen LogP contribution in [0.5, 0.6) is 0 Å². The van der Waals surface area contributed by atoms with Crippen LogP contribution in [0, 0.1) is 23.7 Å². The summed E-state index contributed by atoms with van der Waals surface area (Å²) in [5.74, 6) is 3.79. The molecule has 2 saturated carbocycles. The molecule has 1 N–H and O–H groups in total. The standard InChI is InChI=1S/C18H35N/c1-4-15-9-11-16(12-10-15)13-19-18-8-6-5-7-17(18)14(2)3/h14-19H,4-13H2,1-3H3. The Labute approximate surface area is 120 Å². The third-order valence-corrected chi connectivity index (χ3v) is 5.89. The van der Waals surface area contributed by atoms with Crippen molar-refractivity contribution in [1.29, 1.82) is 0 Å². The van der Waals surface area contributed by atoms with Gasteiger partial charge in [-0.25, -0.2) is 0 Å². The van der Waals surface area contributed by atoms with Crippen LogP contribution in [-0.4, -0.2) is 12.6 Å². The molecule has 0 aromatic heterocycles. The van der Waals surface area contributed by atoms with Gasteiger partial charge in [0.15, 0.2) is 0 Å². The van der Waals surface area contributed by atoms with Gasteiger partial charge in [0, 0.05) is 6.04 Å². The predicted octanol–water partition coefficient (Wildman–Crippen LogP) is 5.01. The molecule has 0 aromatic carbocycles. The number of hydrogen-bond acceptors (Lipinski definition) is 1. The highest BCUT2D eigenvalue weighted by molar-refractivity contribution is 4.84. The Bertz CT molecular complexity index is 240. The van der Waals surface area contributed by atoms with Crippen molar-refractivity contribution in [3.8, 4) is 0 Å². The van der Waals surface area contributed by atoms with Crippen molar-refractivity contribution in [2.45, 2.75) is 84.6 Å². The van der Waals surface area contributed by atoms with Crippen LogP contribution in [0.2, 0.25) is 0 Å². The molecular weight excluding hydrogens is 230 g/mol. The summed E-state index contributed by atoms with van der Waals surface area (Å²) in [6, 6.07) is 0.817. The summed E-state index contributed by atoms with van der Waals surface area (Å²) in [7, 11) is 0. The van der Waals surface area contributed by atoms with Gasteiger partial charge in [-0.2, -0.15) is 0 Å². The normalized spacial score (nSPS) is 36.6. The second-order valence-electron chi connectivity index (χ2n) is 7.50. The smallest absolute Gasteiger partial charge is 0.00978 e. The average molecular weight is 265 g/mol. The van der Waals surface area contributed by atoms with E-state index in [4.69, 9.17) is 0 Å². The van der Waals surface area contributed by atoms with Gasteiger partial charge in [0.05, 0.1) is 0 Å². The van der Waals surface area contributed by atoms with Crippen LogP contribution >= 0.6 is 0 Å². The first-order valence-electron chi connectivity index (χ1n) is 8.94. The molecule has 2 unspecified atom stereocenters. The summed E-state index contributed by atoms with van der Waals surface area (Å²) in [6.45, 7) is 8.48. The van der Waals surface area contributed by atoms with Crippen molar-refractivity contribution >= 4 is 0 Å². The Balaban J connectivity index is 1.72. The summed E-state index contributed by atoms with van der Waals surface area (Å²) in [5.41, 5.74) is 0. The van der Waals surface area contributed by atoms with Crippen LogP contribution in [0.15, 0.2) is 0 Å². The third kappa shape index (κ3) is 4.48. The van der Waals surface area contributed by atoms with E-state index < -0.39 is 0 Å². The monoisotopic (exact) mass is 265 g/mol. The van der Waals surface area contributed by atoms with Crippen molar-refractivity contribution < 1.29 is 0 Å². The summed E-state index contributed by atoms with van der Waals surface area (Å²) < 4.78 is 0. The van der Waals surface area contributed by atoms with E-state index in [2.05, 4.69) is 26.1 Å². The van der Waals surface area contributed by atoms with E-state index in [9.17, 15) is 0 Å². The molecular formula is C18H35N. The van der Waals surface area contributed by atoms with Gasteiger partial charge in [-0.05, 0) is 55.9 Å². The van der Waals surface area contributed by atoms with E-state index in [0.29, 0.717) is 0 Å². The van der Waals surface area contributed by atoms with Crippen LogP contribution < -0.4 is 5.32 Å². The molecule has 2 atom stereocenters. The van der Waals surface area contributed by atoms with Crippen molar-refractivity contribution in [3.05, 3.63) is 0 Å². The second kappa shape index (κ2) is 7.67. The molecule has 19 heavy (non-hydrogen) atoms. The molecule has 1 nitrogen and oxygen atoms in total. The maximum absolute atomic E-state index is 3.96. The fourth-order valence-corrected chi connectivity index (χ4v) is 4.37. The van der Waals surface area contributed by atoms with Crippen molar-refractivity contribution in [1.82, 2.24) is 5.32 Å². The Morgan fingerprint density at radius 3 is 2.16 bits per heavy atom. The number of hydrogen-bond donors (Lipinski definition) is 1. The van der Waals surface area contributed by atoms with E-state index >= 15 is 0 Å². The Morgan fingerprint density at radius 1 is 0.895 bits per heavy atom. The van der Waals surface area contributed by atoms with Gasteiger partial charge in [-0.3, -0.25) is 0 Å². The highest BCUT2D eigenvalue weighted by Crippen LogP contribution is 2.32. The van der Waals surface area contributed by atoms with Crippen LogP contribution in [0.3, 0.4) is 0 Å². The maximum Gasteiger partial charge on any atom is 0.00978 e. The van der Waals surface area contributed by atoms with E-state index in [1.54, 1.807) is 0 Å². The number of nitrogens with one attached hydrogen (secondary N) is 1. The van der Waals surface area contributed by atoms with Crippen molar-refractivity contribution in [3.63, 3.8) is 0 Å². The molecule has 0 amide bonds. The van der Waals surface area contributed by atoms with E-state index in [0.717, 1.165) is 29.7 Å². The van der Waals surface area contributed by atoms with Crippen LogP contribution in [0.1, 0.15) is 78.6 Å². The summed E-state index contributed by atoms with van der Waals surface area (Å²) in [4.78, 5) is 0. The average Bonchev–Trinajstić information content (AvgIpc) is 2.46. The molecule has 0 heterocycles. The van der Waals surface area contributed by atoms with Gasteiger partial charge >= 0.3 is 0 Å². The lowest BCUT2D eigenvalue weighted by Gasteiger charge is -2.37. The lowest BCUT2D eigenvalue weighted by Crippen LogP contribution is -2.43. The minimum absolute atomic E-state index is 0.817. The second-order valence-corrected chi connectivity index (χ2v) is 7.50. The lowest BCUT2D eigenvalue weighted by atomic mass is 9.77. The summed E-state index contributed by atoms with van der Waals surface area (Å²) in [5, 5.41) is 3.96. The molecule has 0 saturated heterocycles. The minimum Gasteiger partial charge on any atom is -0.313 e. The third-order valence-electron chi connectivity index (χ3n) is 5.89. The van der Waals surface area contributed by atoms with Gasteiger partial charge in [0.25, 0.3) is 0 Å². The molecule has 2 fully saturated rings. The molecule has 1 heteroatoms. The highest BCUT2D eigenvalue weighted by atomic mass is 14.9. The molecule has 0 spiro atoms. The molecule has 112 valence electrons. The lowest BCUT2D eigenvalue weighted by molar-refractivity contribution is 0.186. The van der Waals surface area contributed by atoms with Gasteiger partial charge in [-0.1, -0.05) is 52.9 Å². The van der Waals surface area contributed by atoms with Crippen LogP contribution in [-0.2, 0) is 0 Å². The zero-order valence-electron chi connectivity index (χ0n) is 13.5. The minimum atomic E-state index is 0.817. The summed E-state index contributed by atoms with van der Waals surface area (Å²) in [6.07, 6.45) is 13.1. The van der Waals surface area contributed by atoms with Gasteiger partial charge in [0.2, 0.25) is 0 Å². The largest absolute Gasteiger partial charge is 0.313 e. The fourth-order valence-electron chi connectivity index (χ4n) is 4.37.